The lowest BCUT2D eigenvalue weighted by Gasteiger charge is -2.10. The van der Waals surface area contributed by atoms with Gasteiger partial charge in [0.05, 0.1) is 25.6 Å². The highest BCUT2D eigenvalue weighted by molar-refractivity contribution is 5.85. The summed E-state index contributed by atoms with van der Waals surface area (Å²) in [6, 6.07) is 12.5. The average Bonchev–Trinajstić information content (AvgIpc) is 2.56. The van der Waals surface area contributed by atoms with Gasteiger partial charge in [-0.05, 0) is 49.7 Å². The van der Waals surface area contributed by atoms with Gasteiger partial charge in [0.25, 0.3) is 0 Å². The third-order valence-electron chi connectivity index (χ3n) is 2.97. The van der Waals surface area contributed by atoms with Gasteiger partial charge in [0, 0.05) is 5.56 Å². The van der Waals surface area contributed by atoms with Crippen LogP contribution in [0.25, 0.3) is 0 Å². The molecule has 0 spiro atoms. The van der Waals surface area contributed by atoms with Gasteiger partial charge in [-0.15, -0.1) is 0 Å². The number of hydrogen-bond donors (Lipinski definition) is 1. The van der Waals surface area contributed by atoms with E-state index in [-0.39, 0.29) is 5.75 Å². The normalized spacial score (nSPS) is 11.2. The average molecular weight is 312 g/mol. The minimum absolute atomic E-state index is 0.172. The molecule has 0 radical (unpaired) electrons. The van der Waals surface area contributed by atoms with Crippen molar-refractivity contribution in [3.63, 3.8) is 0 Å². The Morgan fingerprint density at radius 1 is 0.913 bits per heavy atom. The van der Waals surface area contributed by atoms with Crippen molar-refractivity contribution < 1.29 is 14.6 Å². The summed E-state index contributed by atoms with van der Waals surface area (Å²) in [7, 11) is 0. The molecule has 0 aliphatic heterocycles. The molecule has 0 aromatic heterocycles. The highest BCUT2D eigenvalue weighted by atomic mass is 16.5. The van der Waals surface area contributed by atoms with Crippen LogP contribution in [0.1, 0.15) is 25.0 Å². The molecule has 0 bridgehead atoms. The van der Waals surface area contributed by atoms with E-state index in [1.165, 1.54) is 6.21 Å². The SMILES string of the molecule is CCOc1ccc(C=N/N=C/c2ccccc2O)cc1OCC. The lowest BCUT2D eigenvalue weighted by Crippen LogP contribution is -1.99. The molecule has 1 N–H and O–H groups in total. The Hall–Kier alpha value is -2.82. The van der Waals surface area contributed by atoms with Crippen LogP contribution in [0, 0.1) is 0 Å². The molecule has 0 fully saturated rings. The summed E-state index contributed by atoms with van der Waals surface area (Å²) in [6.07, 6.45) is 3.12. The van der Waals surface area contributed by atoms with E-state index in [1.54, 1.807) is 24.4 Å². The van der Waals surface area contributed by atoms with E-state index < -0.39 is 0 Å². The zero-order valence-electron chi connectivity index (χ0n) is 13.3. The fraction of sp³-hybridized carbons (Fsp3) is 0.222. The van der Waals surface area contributed by atoms with E-state index in [4.69, 9.17) is 9.47 Å². The Balaban J connectivity index is 2.10. The van der Waals surface area contributed by atoms with Crippen molar-refractivity contribution in [1.82, 2.24) is 0 Å². The van der Waals surface area contributed by atoms with Gasteiger partial charge in [0.2, 0.25) is 0 Å². The fourth-order valence-corrected chi connectivity index (χ4v) is 1.94. The zero-order chi connectivity index (χ0) is 16.5. The van der Waals surface area contributed by atoms with Gasteiger partial charge < -0.3 is 14.6 Å². The first-order valence-electron chi connectivity index (χ1n) is 7.48. The maximum absolute atomic E-state index is 9.63. The first-order valence-corrected chi connectivity index (χ1v) is 7.48. The number of para-hydroxylation sites is 1. The van der Waals surface area contributed by atoms with E-state index >= 15 is 0 Å². The molecule has 120 valence electrons. The van der Waals surface area contributed by atoms with Crippen molar-refractivity contribution in [1.29, 1.82) is 0 Å². The van der Waals surface area contributed by atoms with Crippen LogP contribution in [0.4, 0.5) is 0 Å². The van der Waals surface area contributed by atoms with E-state index in [9.17, 15) is 5.11 Å². The van der Waals surface area contributed by atoms with Crippen molar-refractivity contribution in [3.05, 3.63) is 53.6 Å². The summed E-state index contributed by atoms with van der Waals surface area (Å²) in [5, 5.41) is 17.6. The third kappa shape index (κ3) is 4.85. The second-order valence-electron chi connectivity index (χ2n) is 4.62. The Morgan fingerprint density at radius 3 is 2.35 bits per heavy atom. The Bertz CT molecular complexity index is 696. The Morgan fingerprint density at radius 2 is 1.61 bits per heavy atom. The van der Waals surface area contributed by atoms with Gasteiger partial charge in [-0.25, -0.2) is 0 Å². The largest absolute Gasteiger partial charge is 0.507 e. The van der Waals surface area contributed by atoms with Crippen molar-refractivity contribution in [3.8, 4) is 17.2 Å². The van der Waals surface area contributed by atoms with E-state index in [0.29, 0.717) is 30.3 Å². The van der Waals surface area contributed by atoms with Crippen molar-refractivity contribution in [2.24, 2.45) is 10.2 Å². The number of hydrogen-bond acceptors (Lipinski definition) is 5. The maximum atomic E-state index is 9.63. The number of aromatic hydroxyl groups is 1. The number of phenolic OH excluding ortho intramolecular Hbond substituents is 1. The minimum Gasteiger partial charge on any atom is -0.507 e. The van der Waals surface area contributed by atoms with E-state index in [0.717, 1.165) is 5.56 Å². The van der Waals surface area contributed by atoms with E-state index in [2.05, 4.69) is 10.2 Å². The fourth-order valence-electron chi connectivity index (χ4n) is 1.94. The molecule has 0 atom stereocenters. The van der Waals surface area contributed by atoms with Crippen LogP contribution in [0.15, 0.2) is 52.7 Å². The molecule has 0 aliphatic carbocycles. The quantitative estimate of drug-likeness (QED) is 0.627. The first kappa shape index (κ1) is 16.5. The van der Waals surface area contributed by atoms with Gasteiger partial charge in [-0.1, -0.05) is 12.1 Å². The minimum atomic E-state index is 0.172. The lowest BCUT2D eigenvalue weighted by atomic mass is 10.2. The van der Waals surface area contributed by atoms with Crippen molar-refractivity contribution in [2.45, 2.75) is 13.8 Å². The van der Waals surface area contributed by atoms with E-state index in [1.807, 2.05) is 38.1 Å². The molecule has 0 aliphatic rings. The van der Waals surface area contributed by atoms with Gasteiger partial charge in [-0.3, -0.25) is 0 Å². The van der Waals surface area contributed by atoms with Crippen LogP contribution in [0.2, 0.25) is 0 Å². The van der Waals surface area contributed by atoms with Crippen LogP contribution >= 0.6 is 0 Å². The number of rotatable bonds is 7. The maximum Gasteiger partial charge on any atom is 0.161 e. The molecule has 2 rings (SSSR count). The smallest absolute Gasteiger partial charge is 0.161 e. The lowest BCUT2D eigenvalue weighted by molar-refractivity contribution is 0.288. The number of benzene rings is 2. The standard InChI is InChI=1S/C18H20N2O3/c1-3-22-17-10-9-14(11-18(17)23-4-2)12-19-20-13-15-7-5-6-8-16(15)21/h5-13,21H,3-4H2,1-2H3/b19-12?,20-13+. The summed E-state index contributed by atoms with van der Waals surface area (Å²) >= 11 is 0. The van der Waals surface area contributed by atoms with Crippen LogP contribution < -0.4 is 9.47 Å². The summed E-state index contributed by atoms with van der Waals surface area (Å²) in [5.41, 5.74) is 1.47. The molecule has 2 aromatic rings. The number of ether oxygens (including phenoxy) is 2. The molecular weight excluding hydrogens is 292 g/mol. The summed E-state index contributed by atoms with van der Waals surface area (Å²) in [4.78, 5) is 0. The van der Waals surface area contributed by atoms with Gasteiger partial charge in [0.1, 0.15) is 5.75 Å². The van der Waals surface area contributed by atoms with Crippen molar-refractivity contribution >= 4 is 12.4 Å². The molecule has 23 heavy (non-hydrogen) atoms. The molecule has 0 unspecified atom stereocenters. The van der Waals surface area contributed by atoms with Crippen LogP contribution in [0.5, 0.6) is 17.2 Å². The first-order chi connectivity index (χ1) is 11.2. The molecule has 2 aromatic carbocycles. The second-order valence-corrected chi connectivity index (χ2v) is 4.62. The summed E-state index contributed by atoms with van der Waals surface area (Å²) in [5.74, 6) is 1.57. The molecular formula is C18H20N2O3. The Kier molecular flexibility index (Phi) is 6.17. The molecule has 0 saturated heterocycles. The molecule has 5 nitrogen and oxygen atoms in total. The van der Waals surface area contributed by atoms with Gasteiger partial charge in [-0.2, -0.15) is 10.2 Å². The number of nitrogens with zero attached hydrogens (tertiary/aromatic N) is 2. The highest BCUT2D eigenvalue weighted by Crippen LogP contribution is 2.28. The monoisotopic (exact) mass is 312 g/mol. The van der Waals surface area contributed by atoms with Crippen LogP contribution in [-0.2, 0) is 0 Å². The number of phenols is 1. The predicted octanol–water partition coefficient (Wildman–Crippen LogP) is 3.64. The second kappa shape index (κ2) is 8.58. The molecule has 0 saturated carbocycles. The zero-order valence-corrected chi connectivity index (χ0v) is 13.3. The molecule has 5 heteroatoms. The topological polar surface area (TPSA) is 63.4 Å². The molecule has 0 amide bonds. The molecule has 0 heterocycles. The van der Waals surface area contributed by atoms with Crippen LogP contribution in [0.3, 0.4) is 0 Å². The third-order valence-corrected chi connectivity index (χ3v) is 2.97. The predicted molar refractivity (Wildman–Crippen MR) is 92.1 cm³/mol. The summed E-state index contributed by atoms with van der Waals surface area (Å²) in [6.45, 7) is 5.00. The van der Waals surface area contributed by atoms with Crippen molar-refractivity contribution in [2.75, 3.05) is 13.2 Å². The van der Waals surface area contributed by atoms with Gasteiger partial charge in [0.15, 0.2) is 11.5 Å². The summed E-state index contributed by atoms with van der Waals surface area (Å²) < 4.78 is 11.1. The highest BCUT2D eigenvalue weighted by Gasteiger charge is 2.04. The Labute approximate surface area is 135 Å². The van der Waals surface area contributed by atoms with Gasteiger partial charge >= 0.3 is 0 Å². The van der Waals surface area contributed by atoms with Crippen LogP contribution in [-0.4, -0.2) is 30.7 Å².